The van der Waals surface area contributed by atoms with Crippen LogP contribution in [-0.4, -0.2) is 19.0 Å². The van der Waals surface area contributed by atoms with Crippen LogP contribution in [0.15, 0.2) is 24.3 Å². The molecule has 1 aromatic carbocycles. The van der Waals surface area contributed by atoms with Crippen molar-refractivity contribution in [1.29, 1.82) is 0 Å². The third-order valence-corrected chi connectivity index (χ3v) is 3.27. The zero-order chi connectivity index (χ0) is 14.5. The molecule has 1 atom stereocenters. The summed E-state index contributed by atoms with van der Waals surface area (Å²) in [4.78, 5) is 11.7. The van der Waals surface area contributed by atoms with Crippen molar-refractivity contribution in [1.82, 2.24) is 5.32 Å². The molecule has 0 fully saturated rings. The summed E-state index contributed by atoms with van der Waals surface area (Å²) in [7, 11) is 0. The molecule has 0 saturated heterocycles. The van der Waals surface area contributed by atoms with Crippen LogP contribution in [0, 0.1) is 11.7 Å². The summed E-state index contributed by atoms with van der Waals surface area (Å²) in [5, 5.41) is 2.89. The predicted octanol–water partition coefficient (Wildman–Crippen LogP) is 2.20. The van der Waals surface area contributed by atoms with E-state index >= 15 is 0 Å². The fourth-order valence-electron chi connectivity index (χ4n) is 1.80. The molecule has 0 saturated carbocycles. The highest BCUT2D eigenvalue weighted by molar-refractivity contribution is 5.76. The van der Waals surface area contributed by atoms with E-state index in [1.54, 1.807) is 6.07 Å². The van der Waals surface area contributed by atoms with Crippen molar-refractivity contribution >= 4 is 5.91 Å². The van der Waals surface area contributed by atoms with E-state index in [1.165, 1.54) is 12.1 Å². The molecule has 4 heteroatoms. The molecule has 0 bridgehead atoms. The minimum atomic E-state index is -0.302. The maximum Gasteiger partial charge on any atom is 0.220 e. The normalized spacial score (nSPS) is 13.1. The number of nitrogens with one attached hydrogen (secondary N) is 1. The molecular weight excluding hydrogens is 243 g/mol. The van der Waals surface area contributed by atoms with E-state index in [4.69, 9.17) is 5.73 Å². The van der Waals surface area contributed by atoms with Crippen LogP contribution >= 0.6 is 0 Å². The molecule has 3 N–H and O–H groups in total. The number of nitrogens with two attached hydrogens (primary N) is 1. The lowest BCUT2D eigenvalue weighted by atomic mass is 9.84. The maximum atomic E-state index is 13.2. The number of halogens is 1. The average Bonchev–Trinajstić information content (AvgIpc) is 2.36. The number of rotatable bonds is 6. The Labute approximate surface area is 114 Å². The summed E-state index contributed by atoms with van der Waals surface area (Å²) < 4.78 is 13.2. The van der Waals surface area contributed by atoms with Crippen molar-refractivity contribution in [3.8, 4) is 0 Å². The molecule has 0 aromatic heterocycles. The predicted molar refractivity (Wildman–Crippen MR) is 75.3 cm³/mol. The van der Waals surface area contributed by atoms with Crippen LogP contribution in [0.4, 0.5) is 4.39 Å². The van der Waals surface area contributed by atoms with Gasteiger partial charge in [-0.1, -0.05) is 32.9 Å². The van der Waals surface area contributed by atoms with Crippen LogP contribution < -0.4 is 11.1 Å². The highest BCUT2D eigenvalue weighted by atomic mass is 19.1. The van der Waals surface area contributed by atoms with Gasteiger partial charge in [-0.25, -0.2) is 4.39 Å². The van der Waals surface area contributed by atoms with Crippen molar-refractivity contribution in [2.45, 2.75) is 32.6 Å². The molecule has 0 spiro atoms. The summed E-state index contributed by atoms with van der Waals surface area (Å²) in [6, 6.07) is 6.48. The number of hydrogen-bond acceptors (Lipinski definition) is 2. The standard InChI is InChI=1S/C15H23FN2O/c1-11(9-17)7-14(19)18-10-15(2,3)12-5-4-6-13(16)8-12/h4-6,8,11H,7,9-10,17H2,1-3H3,(H,18,19). The van der Waals surface area contributed by atoms with Crippen LogP contribution in [0.3, 0.4) is 0 Å². The fourth-order valence-corrected chi connectivity index (χ4v) is 1.80. The molecule has 1 rings (SSSR count). The third-order valence-electron chi connectivity index (χ3n) is 3.27. The second kappa shape index (κ2) is 6.66. The van der Waals surface area contributed by atoms with Crippen molar-refractivity contribution in [2.24, 2.45) is 11.7 Å². The topological polar surface area (TPSA) is 55.1 Å². The second-order valence-corrected chi connectivity index (χ2v) is 5.72. The van der Waals surface area contributed by atoms with E-state index in [9.17, 15) is 9.18 Å². The van der Waals surface area contributed by atoms with E-state index < -0.39 is 0 Å². The van der Waals surface area contributed by atoms with Gasteiger partial charge in [-0.05, 0) is 30.2 Å². The minimum absolute atomic E-state index is 0.0116. The van der Waals surface area contributed by atoms with Gasteiger partial charge in [0.05, 0.1) is 0 Å². The van der Waals surface area contributed by atoms with Crippen molar-refractivity contribution < 1.29 is 9.18 Å². The Hall–Kier alpha value is -1.42. The lowest BCUT2D eigenvalue weighted by Crippen LogP contribution is -2.37. The smallest absolute Gasteiger partial charge is 0.220 e. The molecule has 0 aliphatic heterocycles. The van der Waals surface area contributed by atoms with E-state index in [0.29, 0.717) is 19.5 Å². The monoisotopic (exact) mass is 266 g/mol. The third kappa shape index (κ3) is 4.99. The van der Waals surface area contributed by atoms with Gasteiger partial charge >= 0.3 is 0 Å². The molecule has 3 nitrogen and oxygen atoms in total. The first kappa shape index (κ1) is 15.6. The van der Waals surface area contributed by atoms with Gasteiger partial charge in [-0.3, -0.25) is 4.79 Å². The van der Waals surface area contributed by atoms with Gasteiger partial charge in [0.15, 0.2) is 0 Å². The van der Waals surface area contributed by atoms with Crippen molar-refractivity contribution in [3.63, 3.8) is 0 Å². The summed E-state index contributed by atoms with van der Waals surface area (Å²) >= 11 is 0. The van der Waals surface area contributed by atoms with Gasteiger partial charge in [0, 0.05) is 18.4 Å². The minimum Gasteiger partial charge on any atom is -0.355 e. The second-order valence-electron chi connectivity index (χ2n) is 5.72. The summed E-state index contributed by atoms with van der Waals surface area (Å²) in [5.74, 6) is -0.0895. The number of hydrogen-bond donors (Lipinski definition) is 2. The van der Waals surface area contributed by atoms with Crippen LogP contribution in [0.2, 0.25) is 0 Å². The molecular formula is C15H23FN2O. The first-order valence-corrected chi connectivity index (χ1v) is 6.58. The van der Waals surface area contributed by atoms with E-state index in [0.717, 1.165) is 5.56 Å². The molecule has 0 aliphatic carbocycles. The lowest BCUT2D eigenvalue weighted by Gasteiger charge is -2.26. The highest BCUT2D eigenvalue weighted by Gasteiger charge is 2.22. The summed E-state index contributed by atoms with van der Waals surface area (Å²) in [6.45, 7) is 6.88. The number of carbonyl (C=O) groups excluding carboxylic acids is 1. The average molecular weight is 266 g/mol. The largest absolute Gasteiger partial charge is 0.355 e. The SMILES string of the molecule is CC(CN)CC(=O)NCC(C)(C)c1cccc(F)c1. The van der Waals surface area contributed by atoms with Crippen molar-refractivity contribution in [2.75, 3.05) is 13.1 Å². The molecule has 1 aromatic rings. The fraction of sp³-hybridized carbons (Fsp3) is 0.533. The Bertz CT molecular complexity index is 432. The van der Waals surface area contributed by atoms with E-state index in [2.05, 4.69) is 5.32 Å². The zero-order valence-corrected chi connectivity index (χ0v) is 11.9. The molecule has 1 unspecified atom stereocenters. The van der Waals surface area contributed by atoms with Crippen LogP contribution in [0.1, 0.15) is 32.8 Å². The van der Waals surface area contributed by atoms with Crippen LogP contribution in [0.5, 0.6) is 0 Å². The summed E-state index contributed by atoms with van der Waals surface area (Å²) in [6.07, 6.45) is 0.426. The number of amides is 1. The highest BCUT2D eigenvalue weighted by Crippen LogP contribution is 2.22. The van der Waals surface area contributed by atoms with E-state index in [-0.39, 0.29) is 23.1 Å². The molecule has 19 heavy (non-hydrogen) atoms. The maximum absolute atomic E-state index is 13.2. The Balaban J connectivity index is 2.58. The van der Waals surface area contributed by atoms with Gasteiger partial charge < -0.3 is 11.1 Å². The quantitative estimate of drug-likeness (QED) is 0.829. The van der Waals surface area contributed by atoms with Crippen LogP contribution in [-0.2, 0) is 10.2 Å². The van der Waals surface area contributed by atoms with Crippen molar-refractivity contribution in [3.05, 3.63) is 35.6 Å². The van der Waals surface area contributed by atoms with Gasteiger partial charge in [0.25, 0.3) is 0 Å². The lowest BCUT2D eigenvalue weighted by molar-refractivity contribution is -0.122. The molecule has 1 amide bonds. The zero-order valence-electron chi connectivity index (χ0n) is 11.9. The first-order chi connectivity index (χ1) is 8.85. The van der Waals surface area contributed by atoms with Gasteiger partial charge in [-0.2, -0.15) is 0 Å². The Morgan fingerprint density at radius 1 is 1.47 bits per heavy atom. The Morgan fingerprint density at radius 3 is 2.74 bits per heavy atom. The molecule has 0 aliphatic rings. The first-order valence-electron chi connectivity index (χ1n) is 6.58. The molecule has 0 heterocycles. The molecule has 0 radical (unpaired) electrons. The van der Waals surface area contributed by atoms with Gasteiger partial charge in [-0.15, -0.1) is 0 Å². The molecule has 106 valence electrons. The van der Waals surface area contributed by atoms with E-state index in [1.807, 2.05) is 26.8 Å². The van der Waals surface area contributed by atoms with Gasteiger partial charge in [0.1, 0.15) is 5.82 Å². The number of carbonyl (C=O) groups is 1. The van der Waals surface area contributed by atoms with Gasteiger partial charge in [0.2, 0.25) is 5.91 Å². The summed E-state index contributed by atoms with van der Waals surface area (Å²) in [5.41, 5.74) is 6.06. The Morgan fingerprint density at radius 2 is 2.16 bits per heavy atom. The number of benzene rings is 1. The van der Waals surface area contributed by atoms with Crippen LogP contribution in [0.25, 0.3) is 0 Å². The Kier molecular flexibility index (Phi) is 5.48.